The average Bonchev–Trinajstić information content (AvgIpc) is 2.77. The van der Waals surface area contributed by atoms with Gasteiger partial charge in [-0.05, 0) is 55.8 Å². The Morgan fingerprint density at radius 2 is 1.76 bits per heavy atom. The summed E-state index contributed by atoms with van der Waals surface area (Å²) < 4.78 is 5.23. The standard InChI is InChI=1S/C23H29N3O3/c1-17(23(28)24-16-19-5-4-6-22(15-19)29-3)25-11-13-26(14-12-25)21-9-7-20(8-10-21)18(2)27/h4-10,15,17H,11-14,16H2,1-3H3,(H,24,28). The van der Waals surface area contributed by atoms with E-state index in [0.29, 0.717) is 6.54 Å². The second kappa shape index (κ2) is 9.56. The number of ether oxygens (including phenoxy) is 1. The predicted molar refractivity (Wildman–Crippen MR) is 115 cm³/mol. The highest BCUT2D eigenvalue weighted by Crippen LogP contribution is 2.19. The predicted octanol–water partition coefficient (Wildman–Crippen LogP) is 2.72. The first-order chi connectivity index (χ1) is 14.0. The highest BCUT2D eigenvalue weighted by Gasteiger charge is 2.25. The number of rotatable bonds is 7. The molecule has 6 nitrogen and oxygen atoms in total. The number of carbonyl (C=O) groups is 2. The number of carbonyl (C=O) groups excluding carboxylic acids is 2. The fraction of sp³-hybridized carbons (Fsp3) is 0.391. The summed E-state index contributed by atoms with van der Waals surface area (Å²) in [6.07, 6.45) is 0. The number of methoxy groups -OCH3 is 1. The van der Waals surface area contributed by atoms with E-state index in [4.69, 9.17) is 4.74 Å². The summed E-state index contributed by atoms with van der Waals surface area (Å²) in [6.45, 7) is 7.37. The number of ketones is 1. The summed E-state index contributed by atoms with van der Waals surface area (Å²) >= 11 is 0. The zero-order valence-electron chi connectivity index (χ0n) is 17.4. The molecule has 29 heavy (non-hydrogen) atoms. The van der Waals surface area contributed by atoms with Gasteiger partial charge in [0.15, 0.2) is 5.78 Å². The molecule has 0 aliphatic carbocycles. The van der Waals surface area contributed by atoms with Gasteiger partial charge in [0.1, 0.15) is 5.75 Å². The van der Waals surface area contributed by atoms with E-state index in [2.05, 4.69) is 15.1 Å². The molecule has 1 N–H and O–H groups in total. The van der Waals surface area contributed by atoms with Crippen LogP contribution in [0.15, 0.2) is 48.5 Å². The number of hydrogen-bond donors (Lipinski definition) is 1. The maximum absolute atomic E-state index is 12.6. The number of piperazine rings is 1. The third kappa shape index (κ3) is 5.35. The molecule has 154 valence electrons. The van der Waals surface area contributed by atoms with Gasteiger partial charge in [0, 0.05) is 44.0 Å². The van der Waals surface area contributed by atoms with Gasteiger partial charge in [-0.2, -0.15) is 0 Å². The maximum Gasteiger partial charge on any atom is 0.237 e. The monoisotopic (exact) mass is 395 g/mol. The van der Waals surface area contributed by atoms with Crippen molar-refractivity contribution in [1.29, 1.82) is 0 Å². The van der Waals surface area contributed by atoms with Crippen molar-refractivity contribution in [2.24, 2.45) is 0 Å². The van der Waals surface area contributed by atoms with Crippen LogP contribution in [0.2, 0.25) is 0 Å². The van der Waals surface area contributed by atoms with Gasteiger partial charge in [-0.25, -0.2) is 0 Å². The van der Waals surface area contributed by atoms with E-state index < -0.39 is 0 Å². The zero-order chi connectivity index (χ0) is 20.8. The van der Waals surface area contributed by atoms with Crippen molar-refractivity contribution in [1.82, 2.24) is 10.2 Å². The quantitative estimate of drug-likeness (QED) is 0.731. The van der Waals surface area contributed by atoms with E-state index >= 15 is 0 Å². The Hall–Kier alpha value is -2.86. The van der Waals surface area contributed by atoms with Crippen molar-refractivity contribution >= 4 is 17.4 Å². The Labute approximate surface area is 172 Å². The molecule has 1 fully saturated rings. The number of anilines is 1. The number of amides is 1. The normalized spacial score (nSPS) is 15.6. The minimum atomic E-state index is -0.178. The molecule has 0 spiro atoms. The van der Waals surface area contributed by atoms with E-state index in [-0.39, 0.29) is 17.7 Å². The fourth-order valence-corrected chi connectivity index (χ4v) is 3.56. The van der Waals surface area contributed by atoms with Gasteiger partial charge in [0.05, 0.1) is 13.2 Å². The SMILES string of the molecule is COc1cccc(CNC(=O)C(C)N2CCN(c3ccc(C(C)=O)cc3)CC2)c1. The maximum atomic E-state index is 12.6. The fourth-order valence-electron chi connectivity index (χ4n) is 3.56. The largest absolute Gasteiger partial charge is 0.497 e. The van der Waals surface area contributed by atoms with Gasteiger partial charge in [-0.15, -0.1) is 0 Å². The Balaban J connectivity index is 1.49. The van der Waals surface area contributed by atoms with Crippen molar-refractivity contribution in [3.05, 3.63) is 59.7 Å². The first kappa shape index (κ1) is 20.9. The minimum absolute atomic E-state index is 0.0343. The van der Waals surface area contributed by atoms with Gasteiger partial charge < -0.3 is 15.0 Å². The first-order valence-corrected chi connectivity index (χ1v) is 9.98. The molecule has 6 heteroatoms. The van der Waals surface area contributed by atoms with Crippen LogP contribution in [0.3, 0.4) is 0 Å². The molecule has 2 aromatic carbocycles. The van der Waals surface area contributed by atoms with Crippen LogP contribution >= 0.6 is 0 Å². The van der Waals surface area contributed by atoms with E-state index in [1.807, 2.05) is 55.5 Å². The second-order valence-corrected chi connectivity index (χ2v) is 7.37. The van der Waals surface area contributed by atoms with Gasteiger partial charge in [0.25, 0.3) is 0 Å². The van der Waals surface area contributed by atoms with Gasteiger partial charge in [0.2, 0.25) is 5.91 Å². The zero-order valence-corrected chi connectivity index (χ0v) is 17.4. The molecule has 1 atom stereocenters. The summed E-state index contributed by atoms with van der Waals surface area (Å²) in [7, 11) is 1.64. The van der Waals surface area contributed by atoms with Crippen molar-refractivity contribution in [2.75, 3.05) is 38.2 Å². The summed E-state index contributed by atoms with van der Waals surface area (Å²) in [5.41, 5.74) is 2.86. The first-order valence-electron chi connectivity index (χ1n) is 9.98. The lowest BCUT2D eigenvalue weighted by atomic mass is 10.1. The topological polar surface area (TPSA) is 61.9 Å². The van der Waals surface area contributed by atoms with E-state index in [1.54, 1.807) is 14.0 Å². The Bertz CT molecular complexity index is 843. The van der Waals surface area contributed by atoms with E-state index in [0.717, 1.165) is 48.7 Å². The van der Waals surface area contributed by atoms with Crippen molar-refractivity contribution in [3.63, 3.8) is 0 Å². The molecule has 1 saturated heterocycles. The van der Waals surface area contributed by atoms with Crippen LogP contribution < -0.4 is 15.0 Å². The van der Waals surface area contributed by atoms with Crippen LogP contribution in [-0.4, -0.2) is 55.9 Å². The van der Waals surface area contributed by atoms with Gasteiger partial charge in [-0.1, -0.05) is 12.1 Å². The molecular weight excluding hydrogens is 366 g/mol. The molecule has 1 heterocycles. The lowest BCUT2D eigenvalue weighted by molar-refractivity contribution is -0.126. The molecule has 3 rings (SSSR count). The highest BCUT2D eigenvalue weighted by molar-refractivity contribution is 5.94. The lowest BCUT2D eigenvalue weighted by Gasteiger charge is -2.38. The summed E-state index contributed by atoms with van der Waals surface area (Å²) in [6, 6.07) is 15.3. The molecule has 0 aromatic heterocycles. The number of nitrogens with zero attached hydrogens (tertiary/aromatic N) is 2. The lowest BCUT2D eigenvalue weighted by Crippen LogP contribution is -2.53. The molecule has 1 aliphatic heterocycles. The van der Waals surface area contributed by atoms with E-state index in [1.165, 1.54) is 0 Å². The van der Waals surface area contributed by atoms with Crippen LogP contribution in [0.25, 0.3) is 0 Å². The minimum Gasteiger partial charge on any atom is -0.497 e. The Morgan fingerprint density at radius 3 is 2.38 bits per heavy atom. The van der Waals surface area contributed by atoms with Crippen LogP contribution in [0.5, 0.6) is 5.75 Å². The summed E-state index contributed by atoms with van der Waals surface area (Å²) in [4.78, 5) is 28.5. The van der Waals surface area contributed by atoms with Crippen molar-refractivity contribution in [2.45, 2.75) is 26.4 Å². The number of nitrogens with one attached hydrogen (secondary N) is 1. The van der Waals surface area contributed by atoms with Crippen molar-refractivity contribution < 1.29 is 14.3 Å². The smallest absolute Gasteiger partial charge is 0.237 e. The van der Waals surface area contributed by atoms with Crippen molar-refractivity contribution in [3.8, 4) is 5.75 Å². The molecule has 1 amide bonds. The Morgan fingerprint density at radius 1 is 1.07 bits per heavy atom. The van der Waals surface area contributed by atoms with Gasteiger partial charge >= 0.3 is 0 Å². The summed E-state index contributed by atoms with van der Waals surface area (Å²) in [5, 5.41) is 3.03. The highest BCUT2D eigenvalue weighted by atomic mass is 16.5. The van der Waals surface area contributed by atoms with Crippen LogP contribution in [0.4, 0.5) is 5.69 Å². The molecule has 0 bridgehead atoms. The molecule has 1 unspecified atom stereocenters. The molecule has 2 aromatic rings. The molecule has 1 aliphatic rings. The van der Waals surface area contributed by atoms with Crippen LogP contribution in [0.1, 0.15) is 29.8 Å². The number of Topliss-reactive ketones (excluding diaryl/α,β-unsaturated/α-hetero) is 1. The molecule has 0 radical (unpaired) electrons. The molecular formula is C23H29N3O3. The summed E-state index contributed by atoms with van der Waals surface area (Å²) in [5.74, 6) is 0.902. The third-order valence-electron chi connectivity index (χ3n) is 5.48. The molecule has 0 saturated carbocycles. The van der Waals surface area contributed by atoms with E-state index in [9.17, 15) is 9.59 Å². The van der Waals surface area contributed by atoms with Crippen LogP contribution in [-0.2, 0) is 11.3 Å². The average molecular weight is 396 g/mol. The number of benzene rings is 2. The Kier molecular flexibility index (Phi) is 6.88. The second-order valence-electron chi connectivity index (χ2n) is 7.37. The number of hydrogen-bond acceptors (Lipinski definition) is 5. The van der Waals surface area contributed by atoms with Gasteiger partial charge in [-0.3, -0.25) is 14.5 Å². The third-order valence-corrected chi connectivity index (χ3v) is 5.48. The van der Waals surface area contributed by atoms with Crippen LogP contribution in [0, 0.1) is 0 Å².